The van der Waals surface area contributed by atoms with Crippen molar-refractivity contribution in [2.45, 2.75) is 19.1 Å². The predicted octanol–water partition coefficient (Wildman–Crippen LogP) is 2.22. The molecule has 2 heterocycles. The lowest BCUT2D eigenvalue weighted by Crippen LogP contribution is -2.52. The molecule has 0 bridgehead atoms. The second-order valence-electron chi connectivity index (χ2n) is 8.02. The summed E-state index contributed by atoms with van der Waals surface area (Å²) in [6.07, 6.45) is 0.692. The number of rotatable bonds is 6. The summed E-state index contributed by atoms with van der Waals surface area (Å²) in [6.45, 7) is 2.99. The van der Waals surface area contributed by atoms with Crippen molar-refractivity contribution >= 4 is 15.7 Å². The van der Waals surface area contributed by atoms with E-state index in [0.717, 1.165) is 5.56 Å². The molecule has 8 heteroatoms. The highest BCUT2D eigenvalue weighted by atomic mass is 32.2. The number of hydrogen-bond acceptors (Lipinski definition) is 6. The zero-order chi connectivity index (χ0) is 21.8. The van der Waals surface area contributed by atoms with Crippen LogP contribution in [-0.4, -0.2) is 75.0 Å². The number of ether oxygens (including phenoxy) is 2. The van der Waals surface area contributed by atoms with Crippen LogP contribution in [0.2, 0.25) is 0 Å². The van der Waals surface area contributed by atoms with Gasteiger partial charge in [0.1, 0.15) is 6.61 Å². The minimum atomic E-state index is -2.90. The standard InChI is InChI=1S/C23H28N2O5S/c1-29-22-15-19(7-8-21(22)30-16-18-5-3-2-4-6-18)23(26)25-12-10-24(11-13-25)20-9-14-31(27,28)17-20/h2-8,15,20H,9-14,16-17H2,1H3. The fraction of sp³-hybridized carbons (Fsp3) is 0.435. The number of sulfone groups is 1. The van der Waals surface area contributed by atoms with Crippen LogP contribution in [0.25, 0.3) is 0 Å². The topological polar surface area (TPSA) is 76.2 Å². The molecule has 1 amide bonds. The fourth-order valence-corrected chi connectivity index (χ4v) is 5.95. The highest BCUT2D eigenvalue weighted by molar-refractivity contribution is 7.91. The Morgan fingerprint density at radius 2 is 1.77 bits per heavy atom. The molecular weight excluding hydrogens is 416 g/mol. The maximum atomic E-state index is 13.0. The predicted molar refractivity (Wildman–Crippen MR) is 118 cm³/mol. The monoisotopic (exact) mass is 444 g/mol. The number of hydrogen-bond donors (Lipinski definition) is 0. The van der Waals surface area contributed by atoms with E-state index in [4.69, 9.17) is 9.47 Å². The minimum Gasteiger partial charge on any atom is -0.493 e. The van der Waals surface area contributed by atoms with E-state index in [1.54, 1.807) is 25.3 Å². The quantitative estimate of drug-likeness (QED) is 0.680. The first-order valence-corrected chi connectivity index (χ1v) is 12.4. The van der Waals surface area contributed by atoms with E-state index in [9.17, 15) is 13.2 Å². The van der Waals surface area contributed by atoms with E-state index in [1.165, 1.54) is 0 Å². The summed E-state index contributed by atoms with van der Waals surface area (Å²) in [5.41, 5.74) is 1.61. The van der Waals surface area contributed by atoms with Gasteiger partial charge in [-0.05, 0) is 30.2 Å². The smallest absolute Gasteiger partial charge is 0.254 e. The van der Waals surface area contributed by atoms with Gasteiger partial charge in [0.15, 0.2) is 21.3 Å². The van der Waals surface area contributed by atoms with Gasteiger partial charge in [-0.1, -0.05) is 30.3 Å². The van der Waals surface area contributed by atoms with Gasteiger partial charge in [0.25, 0.3) is 5.91 Å². The Labute approximate surface area is 183 Å². The van der Waals surface area contributed by atoms with E-state index in [2.05, 4.69) is 4.90 Å². The van der Waals surface area contributed by atoms with Crippen LogP contribution in [0.4, 0.5) is 0 Å². The molecule has 31 heavy (non-hydrogen) atoms. The van der Waals surface area contributed by atoms with Crippen LogP contribution >= 0.6 is 0 Å². The maximum Gasteiger partial charge on any atom is 0.254 e. The third-order valence-electron chi connectivity index (χ3n) is 5.97. The molecule has 7 nitrogen and oxygen atoms in total. The molecule has 2 aromatic carbocycles. The lowest BCUT2D eigenvalue weighted by Gasteiger charge is -2.37. The molecule has 1 unspecified atom stereocenters. The number of nitrogens with zero attached hydrogens (tertiary/aromatic N) is 2. The van der Waals surface area contributed by atoms with Crippen LogP contribution in [0, 0.1) is 0 Å². The molecule has 2 saturated heterocycles. The number of carbonyl (C=O) groups is 1. The average Bonchev–Trinajstić information content (AvgIpc) is 3.17. The molecule has 0 N–H and O–H groups in total. The summed E-state index contributed by atoms with van der Waals surface area (Å²) in [7, 11) is -1.34. The highest BCUT2D eigenvalue weighted by Gasteiger charge is 2.34. The normalized spacial score (nSPS) is 21.1. The second-order valence-corrected chi connectivity index (χ2v) is 10.3. The number of carbonyl (C=O) groups excluding carboxylic acids is 1. The van der Waals surface area contributed by atoms with E-state index in [1.807, 2.05) is 35.2 Å². The van der Waals surface area contributed by atoms with Crippen molar-refractivity contribution in [3.05, 3.63) is 59.7 Å². The summed E-state index contributed by atoms with van der Waals surface area (Å²) in [5.74, 6) is 1.58. The summed E-state index contributed by atoms with van der Waals surface area (Å²) in [4.78, 5) is 17.0. The van der Waals surface area contributed by atoms with Gasteiger partial charge in [0.05, 0.1) is 18.6 Å². The van der Waals surface area contributed by atoms with Crippen molar-refractivity contribution in [2.24, 2.45) is 0 Å². The average molecular weight is 445 g/mol. The van der Waals surface area contributed by atoms with E-state index < -0.39 is 9.84 Å². The van der Waals surface area contributed by atoms with E-state index >= 15 is 0 Å². The fourth-order valence-electron chi connectivity index (χ4n) is 4.19. The van der Waals surface area contributed by atoms with Gasteiger partial charge >= 0.3 is 0 Å². The zero-order valence-corrected chi connectivity index (χ0v) is 18.5. The lowest BCUT2D eigenvalue weighted by atomic mass is 10.1. The van der Waals surface area contributed by atoms with Crippen molar-refractivity contribution in [3.63, 3.8) is 0 Å². The van der Waals surface area contributed by atoms with Crippen LogP contribution < -0.4 is 9.47 Å². The SMILES string of the molecule is COc1cc(C(=O)N2CCN(C3CCS(=O)(=O)C3)CC2)ccc1OCc1ccccc1. The highest BCUT2D eigenvalue weighted by Crippen LogP contribution is 2.29. The Morgan fingerprint density at radius 1 is 1.03 bits per heavy atom. The summed E-state index contributed by atoms with van der Waals surface area (Å²) in [6, 6.07) is 15.2. The summed E-state index contributed by atoms with van der Waals surface area (Å²) in [5, 5.41) is 0. The second kappa shape index (κ2) is 9.28. The molecule has 4 rings (SSSR count). The summed E-state index contributed by atoms with van der Waals surface area (Å²) < 4.78 is 34.8. The first-order valence-electron chi connectivity index (χ1n) is 10.5. The third-order valence-corrected chi connectivity index (χ3v) is 7.72. The molecule has 0 aliphatic carbocycles. The Bertz CT molecular complexity index is 1020. The Morgan fingerprint density at radius 3 is 2.42 bits per heavy atom. The van der Waals surface area contributed by atoms with Gasteiger partial charge in [0, 0.05) is 37.8 Å². The van der Waals surface area contributed by atoms with Gasteiger partial charge in [-0.2, -0.15) is 0 Å². The van der Waals surface area contributed by atoms with E-state index in [0.29, 0.717) is 56.3 Å². The van der Waals surface area contributed by atoms with Crippen LogP contribution in [-0.2, 0) is 16.4 Å². The minimum absolute atomic E-state index is 0.0494. The molecule has 166 valence electrons. The third kappa shape index (κ3) is 5.19. The number of amides is 1. The Kier molecular flexibility index (Phi) is 6.48. The molecule has 0 spiro atoms. The molecule has 2 fully saturated rings. The molecule has 1 atom stereocenters. The number of methoxy groups -OCH3 is 1. The molecule has 2 aromatic rings. The van der Waals surface area contributed by atoms with Crippen molar-refractivity contribution in [1.82, 2.24) is 9.80 Å². The maximum absolute atomic E-state index is 13.0. The van der Waals surface area contributed by atoms with Crippen molar-refractivity contribution in [1.29, 1.82) is 0 Å². The van der Waals surface area contributed by atoms with Gasteiger partial charge in [-0.15, -0.1) is 0 Å². The van der Waals surface area contributed by atoms with Crippen LogP contribution in [0.5, 0.6) is 11.5 Å². The van der Waals surface area contributed by atoms with Gasteiger partial charge in [-0.25, -0.2) is 8.42 Å². The zero-order valence-electron chi connectivity index (χ0n) is 17.7. The van der Waals surface area contributed by atoms with E-state index in [-0.39, 0.29) is 23.5 Å². The molecular formula is C23H28N2O5S. The van der Waals surface area contributed by atoms with Gasteiger partial charge in [0.2, 0.25) is 0 Å². The molecule has 0 radical (unpaired) electrons. The molecule has 2 aliphatic heterocycles. The largest absolute Gasteiger partial charge is 0.493 e. The Balaban J connectivity index is 1.36. The van der Waals surface area contributed by atoms with Crippen LogP contribution in [0.1, 0.15) is 22.3 Å². The first kappa shape index (κ1) is 21.6. The van der Waals surface area contributed by atoms with Gasteiger partial charge < -0.3 is 14.4 Å². The lowest BCUT2D eigenvalue weighted by molar-refractivity contribution is 0.0587. The Hall–Kier alpha value is -2.58. The van der Waals surface area contributed by atoms with Crippen LogP contribution in [0.15, 0.2) is 48.5 Å². The van der Waals surface area contributed by atoms with Crippen LogP contribution in [0.3, 0.4) is 0 Å². The van der Waals surface area contributed by atoms with Gasteiger partial charge in [-0.3, -0.25) is 9.69 Å². The molecule has 2 aliphatic rings. The molecule has 0 saturated carbocycles. The van der Waals surface area contributed by atoms with Crippen molar-refractivity contribution in [3.8, 4) is 11.5 Å². The first-order chi connectivity index (χ1) is 14.9. The number of benzene rings is 2. The number of piperazine rings is 1. The van der Waals surface area contributed by atoms with Crippen molar-refractivity contribution in [2.75, 3.05) is 44.8 Å². The molecule has 0 aromatic heterocycles. The van der Waals surface area contributed by atoms with Crippen molar-refractivity contribution < 1.29 is 22.7 Å². The summed E-state index contributed by atoms with van der Waals surface area (Å²) >= 11 is 0.